The fraction of sp³-hybridized carbons (Fsp3) is 0.875. The first-order chi connectivity index (χ1) is 4.22. The average Bonchev–Trinajstić information content (AvgIpc) is 1.87. The molecule has 0 aromatic heterocycles. The van der Waals surface area contributed by atoms with Crippen molar-refractivity contribution in [1.82, 2.24) is 0 Å². The lowest BCUT2D eigenvalue weighted by Gasteiger charge is -2.13. The molecule has 1 radical (unpaired) electrons. The molecule has 0 N–H and O–H groups in total. The molecule has 0 aliphatic carbocycles. The van der Waals surface area contributed by atoms with Gasteiger partial charge in [-0.1, -0.05) is 33.6 Å². The van der Waals surface area contributed by atoms with Crippen molar-refractivity contribution < 1.29 is 0 Å². The van der Waals surface area contributed by atoms with Gasteiger partial charge in [0.2, 0.25) is 0 Å². The highest BCUT2D eigenvalue weighted by Gasteiger charge is 2.10. The predicted octanol–water partition coefficient (Wildman–Crippen LogP) is 3.25. The summed E-state index contributed by atoms with van der Waals surface area (Å²) in [6.07, 6.45) is 4.42. The highest BCUT2D eigenvalue weighted by molar-refractivity contribution is 6.21. The topological polar surface area (TPSA) is 0 Å². The molecule has 0 aromatic rings. The Hall–Kier alpha value is 0.290. The molecule has 0 saturated heterocycles. The van der Waals surface area contributed by atoms with E-state index in [9.17, 15) is 0 Å². The van der Waals surface area contributed by atoms with Crippen LogP contribution in [0.15, 0.2) is 0 Å². The molecule has 1 heteroatoms. The SMILES string of the molecule is CC[CH]C(Cl)C(C)CC. The molecule has 0 rings (SSSR count). The zero-order valence-electron chi connectivity index (χ0n) is 6.52. The van der Waals surface area contributed by atoms with E-state index in [4.69, 9.17) is 11.6 Å². The van der Waals surface area contributed by atoms with Crippen LogP contribution in [0.2, 0.25) is 0 Å². The molecule has 0 spiro atoms. The Labute approximate surface area is 63.6 Å². The zero-order valence-corrected chi connectivity index (χ0v) is 7.28. The van der Waals surface area contributed by atoms with Crippen LogP contribution in [0.3, 0.4) is 0 Å². The van der Waals surface area contributed by atoms with Gasteiger partial charge >= 0.3 is 0 Å². The highest BCUT2D eigenvalue weighted by atomic mass is 35.5. The Morgan fingerprint density at radius 1 is 1.44 bits per heavy atom. The van der Waals surface area contributed by atoms with Crippen molar-refractivity contribution in [2.75, 3.05) is 0 Å². The van der Waals surface area contributed by atoms with Crippen LogP contribution in [-0.2, 0) is 0 Å². The molecule has 0 heterocycles. The van der Waals surface area contributed by atoms with Gasteiger partial charge in [0, 0.05) is 5.38 Å². The van der Waals surface area contributed by atoms with Crippen LogP contribution >= 0.6 is 11.6 Å². The summed E-state index contributed by atoms with van der Waals surface area (Å²) < 4.78 is 0. The lowest BCUT2D eigenvalue weighted by molar-refractivity contribution is 0.554. The minimum Gasteiger partial charge on any atom is -0.122 e. The third-order valence-corrected chi connectivity index (χ3v) is 2.26. The van der Waals surface area contributed by atoms with Gasteiger partial charge in [0.05, 0.1) is 0 Å². The minimum absolute atomic E-state index is 0.278. The second-order valence-corrected chi connectivity index (χ2v) is 2.98. The quantitative estimate of drug-likeness (QED) is 0.536. The summed E-state index contributed by atoms with van der Waals surface area (Å²) in [5, 5.41) is 0.278. The van der Waals surface area contributed by atoms with Crippen LogP contribution < -0.4 is 0 Å². The Morgan fingerprint density at radius 3 is 2.33 bits per heavy atom. The van der Waals surface area contributed by atoms with E-state index in [0.717, 1.165) is 6.42 Å². The van der Waals surface area contributed by atoms with Crippen molar-refractivity contribution in [2.45, 2.75) is 39.0 Å². The van der Waals surface area contributed by atoms with Crippen LogP contribution in [0.5, 0.6) is 0 Å². The van der Waals surface area contributed by atoms with Gasteiger partial charge in [-0.05, 0) is 12.3 Å². The molecule has 2 unspecified atom stereocenters. The molecular formula is C8H16Cl. The van der Waals surface area contributed by atoms with Crippen molar-refractivity contribution in [1.29, 1.82) is 0 Å². The first kappa shape index (κ1) is 9.29. The normalized spacial score (nSPS) is 17.3. The van der Waals surface area contributed by atoms with E-state index in [1.807, 2.05) is 0 Å². The Kier molecular flexibility index (Phi) is 5.27. The summed E-state index contributed by atoms with van der Waals surface area (Å²) in [7, 11) is 0. The molecule has 0 aliphatic rings. The van der Waals surface area contributed by atoms with Gasteiger partial charge < -0.3 is 0 Å². The van der Waals surface area contributed by atoms with E-state index >= 15 is 0 Å². The molecule has 0 bridgehead atoms. The van der Waals surface area contributed by atoms with Crippen molar-refractivity contribution in [2.24, 2.45) is 5.92 Å². The Balaban J connectivity index is 3.32. The zero-order chi connectivity index (χ0) is 7.28. The summed E-state index contributed by atoms with van der Waals surface area (Å²) in [4.78, 5) is 0. The summed E-state index contributed by atoms with van der Waals surface area (Å²) >= 11 is 5.98. The van der Waals surface area contributed by atoms with E-state index in [2.05, 4.69) is 27.2 Å². The summed E-state index contributed by atoms with van der Waals surface area (Å²) in [5.41, 5.74) is 0. The fourth-order valence-electron chi connectivity index (χ4n) is 0.683. The van der Waals surface area contributed by atoms with E-state index in [0.29, 0.717) is 5.92 Å². The largest absolute Gasteiger partial charge is 0.122 e. The molecule has 55 valence electrons. The minimum atomic E-state index is 0.278. The maximum Gasteiger partial charge on any atom is 0.0392 e. The van der Waals surface area contributed by atoms with Crippen molar-refractivity contribution in [3.63, 3.8) is 0 Å². The number of alkyl halides is 1. The second kappa shape index (κ2) is 5.10. The molecular weight excluding hydrogens is 132 g/mol. The smallest absolute Gasteiger partial charge is 0.0392 e. The van der Waals surface area contributed by atoms with E-state index in [1.165, 1.54) is 6.42 Å². The van der Waals surface area contributed by atoms with Crippen LogP contribution in [-0.4, -0.2) is 5.38 Å². The van der Waals surface area contributed by atoms with Crippen LogP contribution in [0, 0.1) is 12.3 Å². The molecule has 0 saturated carbocycles. The number of hydrogen-bond donors (Lipinski definition) is 0. The summed E-state index contributed by atoms with van der Waals surface area (Å²) in [5.74, 6) is 0.631. The molecule has 0 fully saturated rings. The summed E-state index contributed by atoms with van der Waals surface area (Å²) in [6.45, 7) is 6.48. The number of halogens is 1. The lowest BCUT2D eigenvalue weighted by Crippen LogP contribution is -2.10. The van der Waals surface area contributed by atoms with Crippen molar-refractivity contribution >= 4 is 11.6 Å². The maximum absolute atomic E-state index is 5.98. The van der Waals surface area contributed by atoms with Gasteiger partial charge in [-0.25, -0.2) is 0 Å². The Bertz CT molecular complexity index is 61.6. The van der Waals surface area contributed by atoms with Crippen molar-refractivity contribution in [3.05, 3.63) is 6.42 Å². The maximum atomic E-state index is 5.98. The highest BCUT2D eigenvalue weighted by Crippen LogP contribution is 2.17. The van der Waals surface area contributed by atoms with Gasteiger partial charge in [0.25, 0.3) is 0 Å². The lowest BCUT2D eigenvalue weighted by atomic mass is 10.0. The summed E-state index contributed by atoms with van der Waals surface area (Å²) in [6, 6.07) is 0. The average molecular weight is 148 g/mol. The van der Waals surface area contributed by atoms with Gasteiger partial charge in [0.15, 0.2) is 0 Å². The van der Waals surface area contributed by atoms with Gasteiger partial charge in [-0.3, -0.25) is 0 Å². The molecule has 2 atom stereocenters. The van der Waals surface area contributed by atoms with Crippen LogP contribution in [0.1, 0.15) is 33.6 Å². The van der Waals surface area contributed by atoms with E-state index in [1.54, 1.807) is 0 Å². The van der Waals surface area contributed by atoms with E-state index < -0.39 is 0 Å². The number of rotatable bonds is 4. The van der Waals surface area contributed by atoms with Gasteiger partial charge in [-0.15, -0.1) is 11.6 Å². The third-order valence-electron chi connectivity index (χ3n) is 1.65. The predicted molar refractivity (Wildman–Crippen MR) is 43.7 cm³/mol. The number of hydrogen-bond acceptors (Lipinski definition) is 0. The van der Waals surface area contributed by atoms with Gasteiger partial charge in [0.1, 0.15) is 0 Å². The van der Waals surface area contributed by atoms with Gasteiger partial charge in [-0.2, -0.15) is 0 Å². The standard InChI is InChI=1S/C8H16Cl/c1-4-6-8(9)7(3)5-2/h6-8H,4-5H2,1-3H3. The molecule has 0 aliphatic heterocycles. The fourth-order valence-corrected chi connectivity index (χ4v) is 1.04. The van der Waals surface area contributed by atoms with Crippen LogP contribution in [0.4, 0.5) is 0 Å². The first-order valence-corrected chi connectivity index (χ1v) is 4.13. The third kappa shape index (κ3) is 3.80. The molecule has 0 amide bonds. The van der Waals surface area contributed by atoms with Crippen molar-refractivity contribution in [3.8, 4) is 0 Å². The first-order valence-electron chi connectivity index (χ1n) is 3.69. The monoisotopic (exact) mass is 147 g/mol. The Morgan fingerprint density at radius 2 is 2.00 bits per heavy atom. The molecule has 9 heavy (non-hydrogen) atoms. The van der Waals surface area contributed by atoms with E-state index in [-0.39, 0.29) is 5.38 Å². The second-order valence-electron chi connectivity index (χ2n) is 2.47. The van der Waals surface area contributed by atoms with Crippen LogP contribution in [0.25, 0.3) is 0 Å². The molecule has 0 aromatic carbocycles. The molecule has 0 nitrogen and oxygen atoms in total.